The zero-order valence-corrected chi connectivity index (χ0v) is 11.1. The molecule has 6 heteroatoms. The minimum atomic E-state index is -0.299. The highest BCUT2D eigenvalue weighted by Crippen LogP contribution is 2.55. The Hall–Kier alpha value is -2.01. The molecule has 20 heavy (non-hydrogen) atoms. The molecule has 3 aromatic heterocycles. The van der Waals surface area contributed by atoms with Crippen molar-refractivity contribution in [1.29, 1.82) is 0 Å². The molecule has 1 fully saturated rings. The van der Waals surface area contributed by atoms with Crippen LogP contribution in [0.5, 0.6) is 0 Å². The number of pyridine rings is 1. The van der Waals surface area contributed by atoms with E-state index in [0.717, 1.165) is 23.2 Å². The number of rotatable bonds is 2. The van der Waals surface area contributed by atoms with Crippen molar-refractivity contribution in [3.63, 3.8) is 0 Å². The van der Waals surface area contributed by atoms with Gasteiger partial charge in [0.2, 0.25) is 0 Å². The van der Waals surface area contributed by atoms with Gasteiger partial charge in [0.25, 0.3) is 0 Å². The smallest absolute Gasteiger partial charge is 0.157 e. The number of nitrogens with zero attached hydrogens (tertiary/aromatic N) is 4. The lowest BCUT2D eigenvalue weighted by atomic mass is 10.1. The Balaban J connectivity index is 1.74. The Morgan fingerprint density at radius 1 is 1.25 bits per heavy atom. The maximum Gasteiger partial charge on any atom is 0.157 e. The van der Waals surface area contributed by atoms with Gasteiger partial charge >= 0.3 is 0 Å². The first kappa shape index (κ1) is 11.8. The van der Waals surface area contributed by atoms with Crippen LogP contribution in [-0.4, -0.2) is 19.6 Å². The first-order valence-electron chi connectivity index (χ1n) is 6.32. The highest BCUT2D eigenvalue weighted by Gasteiger charge is 2.41. The monoisotopic (exact) mass is 288 g/mol. The molecule has 2 atom stereocenters. The van der Waals surface area contributed by atoms with E-state index in [1.165, 1.54) is 6.20 Å². The van der Waals surface area contributed by atoms with E-state index in [1.807, 2.05) is 6.07 Å². The standard InChI is InChI=1S/C14H10ClFN4/c15-13-5-12(14-18-1-2-20(14)19-13)11-4-10(11)8-3-9(16)7-17-6-8/h1-3,5-7,10-11H,4H2/t10?,11-/m0/s1. The molecule has 100 valence electrons. The molecule has 0 aliphatic heterocycles. The summed E-state index contributed by atoms with van der Waals surface area (Å²) in [6.45, 7) is 0. The fourth-order valence-corrected chi connectivity index (χ4v) is 2.92. The van der Waals surface area contributed by atoms with Crippen LogP contribution >= 0.6 is 11.6 Å². The number of halogens is 2. The van der Waals surface area contributed by atoms with Crippen molar-refractivity contribution in [2.24, 2.45) is 0 Å². The lowest BCUT2D eigenvalue weighted by molar-refractivity contribution is 0.618. The van der Waals surface area contributed by atoms with Crippen molar-refractivity contribution in [2.45, 2.75) is 18.3 Å². The molecule has 4 rings (SSSR count). The van der Waals surface area contributed by atoms with Gasteiger partial charge in [0, 0.05) is 24.2 Å². The minimum absolute atomic E-state index is 0.275. The molecule has 1 unspecified atom stereocenters. The van der Waals surface area contributed by atoms with Crippen LogP contribution in [0.2, 0.25) is 5.15 Å². The van der Waals surface area contributed by atoms with Crippen LogP contribution in [0.1, 0.15) is 29.4 Å². The second-order valence-electron chi connectivity index (χ2n) is 5.00. The van der Waals surface area contributed by atoms with Gasteiger partial charge in [-0.2, -0.15) is 5.10 Å². The summed E-state index contributed by atoms with van der Waals surface area (Å²) in [5.74, 6) is 0.271. The second-order valence-corrected chi connectivity index (χ2v) is 5.39. The van der Waals surface area contributed by atoms with E-state index in [1.54, 1.807) is 29.2 Å². The molecule has 0 N–H and O–H groups in total. The number of imidazole rings is 1. The average molecular weight is 289 g/mol. The quantitative estimate of drug-likeness (QED) is 0.727. The van der Waals surface area contributed by atoms with Crippen LogP contribution in [-0.2, 0) is 0 Å². The third-order valence-corrected chi connectivity index (χ3v) is 3.89. The number of hydrogen-bond acceptors (Lipinski definition) is 3. The van der Waals surface area contributed by atoms with Crippen LogP contribution in [0.25, 0.3) is 5.65 Å². The molecule has 0 saturated heterocycles. The van der Waals surface area contributed by atoms with Crippen LogP contribution in [0.3, 0.4) is 0 Å². The largest absolute Gasteiger partial charge is 0.261 e. The van der Waals surface area contributed by atoms with Gasteiger partial charge in [0.1, 0.15) is 11.0 Å². The van der Waals surface area contributed by atoms with E-state index in [2.05, 4.69) is 15.1 Å². The number of fused-ring (bicyclic) bond motifs is 1. The van der Waals surface area contributed by atoms with Crippen molar-refractivity contribution in [1.82, 2.24) is 19.6 Å². The molecule has 1 saturated carbocycles. The molecule has 0 amide bonds. The molecule has 3 heterocycles. The predicted molar refractivity (Wildman–Crippen MR) is 72.3 cm³/mol. The van der Waals surface area contributed by atoms with Crippen molar-refractivity contribution in [3.05, 3.63) is 59.0 Å². The van der Waals surface area contributed by atoms with Gasteiger partial charge in [-0.1, -0.05) is 11.6 Å². The lowest BCUT2D eigenvalue weighted by Gasteiger charge is -2.04. The topological polar surface area (TPSA) is 43.1 Å². The zero-order valence-electron chi connectivity index (χ0n) is 10.4. The normalized spacial score (nSPS) is 21.3. The van der Waals surface area contributed by atoms with Crippen LogP contribution in [0, 0.1) is 5.82 Å². The predicted octanol–water partition coefficient (Wildman–Crippen LogP) is 3.19. The Kier molecular flexibility index (Phi) is 2.50. The zero-order chi connectivity index (χ0) is 13.7. The molecular weight excluding hydrogens is 279 g/mol. The highest BCUT2D eigenvalue weighted by atomic mass is 35.5. The molecule has 1 aliphatic rings. The van der Waals surface area contributed by atoms with Gasteiger partial charge in [0.05, 0.1) is 6.20 Å². The Morgan fingerprint density at radius 2 is 2.15 bits per heavy atom. The first-order valence-corrected chi connectivity index (χ1v) is 6.70. The summed E-state index contributed by atoms with van der Waals surface area (Å²) in [5, 5.41) is 4.60. The summed E-state index contributed by atoms with van der Waals surface area (Å²) in [7, 11) is 0. The number of hydrogen-bond donors (Lipinski definition) is 0. The Bertz CT molecular complexity index is 801. The van der Waals surface area contributed by atoms with Crippen molar-refractivity contribution in [2.75, 3.05) is 0 Å². The maximum atomic E-state index is 13.2. The van der Waals surface area contributed by atoms with Gasteiger partial charge in [-0.25, -0.2) is 13.9 Å². The highest BCUT2D eigenvalue weighted by molar-refractivity contribution is 6.29. The van der Waals surface area contributed by atoms with E-state index < -0.39 is 0 Å². The van der Waals surface area contributed by atoms with E-state index >= 15 is 0 Å². The maximum absolute atomic E-state index is 13.2. The molecule has 0 spiro atoms. The molecule has 0 aromatic carbocycles. The third kappa shape index (κ3) is 1.86. The van der Waals surface area contributed by atoms with Gasteiger partial charge in [-0.05, 0) is 36.0 Å². The fourth-order valence-electron chi connectivity index (χ4n) is 2.72. The summed E-state index contributed by atoms with van der Waals surface area (Å²) in [6, 6.07) is 3.39. The first-order chi connectivity index (χ1) is 9.72. The van der Waals surface area contributed by atoms with Crippen molar-refractivity contribution < 1.29 is 4.39 Å². The third-order valence-electron chi connectivity index (χ3n) is 3.70. The van der Waals surface area contributed by atoms with E-state index in [0.29, 0.717) is 11.1 Å². The van der Waals surface area contributed by atoms with Gasteiger partial charge in [0.15, 0.2) is 5.65 Å². The molecule has 3 aromatic rings. The molecular formula is C14H10ClFN4. The van der Waals surface area contributed by atoms with Gasteiger partial charge in [-0.15, -0.1) is 0 Å². The van der Waals surface area contributed by atoms with Crippen molar-refractivity contribution in [3.8, 4) is 0 Å². The summed E-state index contributed by atoms with van der Waals surface area (Å²) in [6.07, 6.45) is 7.36. The van der Waals surface area contributed by atoms with Gasteiger partial charge in [-0.3, -0.25) is 4.98 Å². The molecule has 0 radical (unpaired) electrons. The van der Waals surface area contributed by atoms with Gasteiger partial charge < -0.3 is 0 Å². The van der Waals surface area contributed by atoms with Crippen LogP contribution in [0.15, 0.2) is 36.9 Å². The van der Waals surface area contributed by atoms with Crippen LogP contribution < -0.4 is 0 Å². The lowest BCUT2D eigenvalue weighted by Crippen LogP contribution is -1.97. The minimum Gasteiger partial charge on any atom is -0.261 e. The SMILES string of the molecule is Fc1cncc(C2C[C@@H]2c2cc(Cl)nn3ccnc23)c1. The summed E-state index contributed by atoms with van der Waals surface area (Å²) < 4.78 is 14.9. The molecule has 4 nitrogen and oxygen atoms in total. The summed E-state index contributed by atoms with van der Waals surface area (Å²) >= 11 is 6.04. The average Bonchev–Trinajstić information content (AvgIpc) is 3.09. The van der Waals surface area contributed by atoms with Crippen molar-refractivity contribution >= 4 is 17.2 Å². The Labute approximate surface area is 119 Å². The van der Waals surface area contributed by atoms with E-state index in [4.69, 9.17) is 11.6 Å². The fraction of sp³-hybridized carbons (Fsp3) is 0.214. The van der Waals surface area contributed by atoms with E-state index in [9.17, 15) is 4.39 Å². The Morgan fingerprint density at radius 3 is 3.00 bits per heavy atom. The summed E-state index contributed by atoms with van der Waals surface area (Å²) in [4.78, 5) is 8.23. The van der Waals surface area contributed by atoms with Crippen LogP contribution in [0.4, 0.5) is 4.39 Å². The molecule has 1 aliphatic carbocycles. The van der Waals surface area contributed by atoms with E-state index in [-0.39, 0.29) is 11.7 Å². The molecule has 0 bridgehead atoms. The number of aromatic nitrogens is 4. The summed E-state index contributed by atoms with van der Waals surface area (Å²) in [5.41, 5.74) is 2.79. The second kappa shape index (κ2) is 4.24.